The van der Waals surface area contributed by atoms with Gasteiger partial charge in [0.25, 0.3) is 0 Å². The van der Waals surface area contributed by atoms with Crippen LogP contribution in [0.2, 0.25) is 0 Å². The first-order valence-corrected chi connectivity index (χ1v) is 9.37. The van der Waals surface area contributed by atoms with Gasteiger partial charge in [0, 0.05) is 45.5 Å². The lowest BCUT2D eigenvalue weighted by Crippen LogP contribution is -2.53. The Bertz CT molecular complexity index is 586. The Labute approximate surface area is 173 Å². The van der Waals surface area contributed by atoms with E-state index in [2.05, 4.69) is 38.0 Å². The molecule has 26 heavy (non-hydrogen) atoms. The zero-order valence-electron chi connectivity index (χ0n) is 16.1. The van der Waals surface area contributed by atoms with Crippen LogP contribution in [0.5, 0.6) is 0 Å². The molecule has 1 aromatic rings. The largest absolute Gasteiger partial charge is 0.375 e. The van der Waals surface area contributed by atoms with E-state index < -0.39 is 0 Å². The number of aromatic nitrogens is 2. The zero-order valence-corrected chi connectivity index (χ0v) is 18.4. The van der Waals surface area contributed by atoms with Crippen LogP contribution in [0.1, 0.15) is 30.7 Å². The SMILES string of the molecule is CN=C(NCCCn1nc(C)cc1C)N1CCOC(C2CCCO2)C1.I. The number of rotatable bonds is 5. The predicted molar refractivity (Wildman–Crippen MR) is 113 cm³/mol. The molecule has 148 valence electrons. The number of hydrogen-bond acceptors (Lipinski definition) is 4. The van der Waals surface area contributed by atoms with Crippen molar-refractivity contribution in [3.63, 3.8) is 0 Å². The maximum atomic E-state index is 5.92. The van der Waals surface area contributed by atoms with Gasteiger partial charge >= 0.3 is 0 Å². The van der Waals surface area contributed by atoms with E-state index in [0.717, 1.165) is 70.3 Å². The minimum Gasteiger partial charge on any atom is -0.375 e. The van der Waals surface area contributed by atoms with E-state index in [9.17, 15) is 0 Å². The zero-order chi connectivity index (χ0) is 17.6. The number of halogens is 1. The van der Waals surface area contributed by atoms with Crippen LogP contribution in [0, 0.1) is 13.8 Å². The van der Waals surface area contributed by atoms with E-state index in [1.165, 1.54) is 5.69 Å². The van der Waals surface area contributed by atoms with Gasteiger partial charge in [-0.1, -0.05) is 0 Å². The molecular formula is C18H32IN5O2. The van der Waals surface area contributed by atoms with Gasteiger partial charge in [-0.3, -0.25) is 9.67 Å². The van der Waals surface area contributed by atoms with Gasteiger partial charge in [0.05, 0.1) is 18.4 Å². The summed E-state index contributed by atoms with van der Waals surface area (Å²) >= 11 is 0. The van der Waals surface area contributed by atoms with E-state index >= 15 is 0 Å². The van der Waals surface area contributed by atoms with Crippen molar-refractivity contribution in [1.82, 2.24) is 20.0 Å². The highest BCUT2D eigenvalue weighted by Gasteiger charge is 2.32. The molecule has 0 bridgehead atoms. The van der Waals surface area contributed by atoms with Gasteiger partial charge in [0.1, 0.15) is 6.10 Å². The van der Waals surface area contributed by atoms with Crippen LogP contribution in [-0.2, 0) is 16.0 Å². The van der Waals surface area contributed by atoms with Crippen molar-refractivity contribution in [3.8, 4) is 0 Å². The Kier molecular flexibility index (Phi) is 8.62. The van der Waals surface area contributed by atoms with Crippen molar-refractivity contribution in [2.75, 3.05) is 39.9 Å². The van der Waals surface area contributed by atoms with Crippen molar-refractivity contribution >= 4 is 29.9 Å². The average molecular weight is 477 g/mol. The molecule has 1 N–H and O–H groups in total. The molecule has 2 fully saturated rings. The summed E-state index contributed by atoms with van der Waals surface area (Å²) in [6.07, 6.45) is 3.66. The molecule has 0 aromatic carbocycles. The Morgan fingerprint density at radius 2 is 2.12 bits per heavy atom. The van der Waals surface area contributed by atoms with Crippen molar-refractivity contribution in [1.29, 1.82) is 0 Å². The van der Waals surface area contributed by atoms with Crippen molar-refractivity contribution in [2.24, 2.45) is 4.99 Å². The Morgan fingerprint density at radius 3 is 2.77 bits per heavy atom. The molecule has 0 aliphatic carbocycles. The summed E-state index contributed by atoms with van der Waals surface area (Å²) in [5, 5.41) is 7.99. The monoisotopic (exact) mass is 477 g/mol. The van der Waals surface area contributed by atoms with Crippen molar-refractivity contribution < 1.29 is 9.47 Å². The molecule has 7 nitrogen and oxygen atoms in total. The summed E-state index contributed by atoms with van der Waals surface area (Å²) in [5.41, 5.74) is 2.30. The Balaban J connectivity index is 0.00000243. The number of hydrogen-bond donors (Lipinski definition) is 1. The molecule has 0 saturated carbocycles. The maximum absolute atomic E-state index is 5.92. The molecule has 3 rings (SSSR count). The van der Waals surface area contributed by atoms with Crippen LogP contribution in [0.15, 0.2) is 11.1 Å². The summed E-state index contributed by atoms with van der Waals surface area (Å²) in [6, 6.07) is 2.12. The third kappa shape index (κ3) is 5.56. The van der Waals surface area contributed by atoms with Crippen LogP contribution in [0.3, 0.4) is 0 Å². The number of guanidine groups is 1. The second kappa shape index (κ2) is 10.5. The second-order valence-electron chi connectivity index (χ2n) is 6.88. The summed E-state index contributed by atoms with van der Waals surface area (Å²) in [6.45, 7) is 9.26. The fraction of sp³-hybridized carbons (Fsp3) is 0.778. The third-order valence-corrected chi connectivity index (χ3v) is 4.92. The number of nitrogens with zero attached hydrogens (tertiary/aromatic N) is 4. The molecule has 0 radical (unpaired) electrons. The molecule has 2 aliphatic rings. The van der Waals surface area contributed by atoms with E-state index in [-0.39, 0.29) is 36.2 Å². The molecule has 8 heteroatoms. The van der Waals surface area contributed by atoms with Gasteiger partial charge in [0.15, 0.2) is 5.96 Å². The van der Waals surface area contributed by atoms with Crippen LogP contribution in [-0.4, -0.2) is 72.7 Å². The lowest BCUT2D eigenvalue weighted by atomic mass is 10.1. The molecular weight excluding hydrogens is 445 g/mol. The fourth-order valence-corrected chi connectivity index (χ4v) is 3.65. The number of ether oxygens (including phenoxy) is 2. The molecule has 2 atom stereocenters. The second-order valence-corrected chi connectivity index (χ2v) is 6.88. The highest BCUT2D eigenvalue weighted by molar-refractivity contribution is 14.0. The Morgan fingerprint density at radius 1 is 1.31 bits per heavy atom. The van der Waals surface area contributed by atoms with E-state index in [4.69, 9.17) is 9.47 Å². The first-order valence-electron chi connectivity index (χ1n) is 9.37. The van der Waals surface area contributed by atoms with Gasteiger partial charge in [-0.25, -0.2) is 0 Å². The van der Waals surface area contributed by atoms with Gasteiger partial charge in [-0.15, -0.1) is 24.0 Å². The molecule has 0 amide bonds. The standard InChI is InChI=1S/C18H31N5O2.HI/c1-14-12-15(2)23(21-14)8-5-7-20-18(19-3)22-9-11-25-17(13-22)16-6-4-10-24-16;/h12,16-17H,4-11,13H2,1-3H3,(H,19,20);1H. The van der Waals surface area contributed by atoms with Gasteiger partial charge in [-0.2, -0.15) is 5.10 Å². The molecule has 2 aliphatic heterocycles. The van der Waals surface area contributed by atoms with E-state index in [0.29, 0.717) is 0 Å². The fourth-order valence-electron chi connectivity index (χ4n) is 3.65. The molecule has 3 heterocycles. The molecule has 1 aromatic heterocycles. The van der Waals surface area contributed by atoms with Crippen LogP contribution in [0.4, 0.5) is 0 Å². The number of morpholine rings is 1. The summed E-state index contributed by atoms with van der Waals surface area (Å²) < 4.78 is 13.8. The van der Waals surface area contributed by atoms with Gasteiger partial charge in [-0.05, 0) is 39.2 Å². The highest BCUT2D eigenvalue weighted by Crippen LogP contribution is 2.21. The minimum atomic E-state index is 0. The lowest BCUT2D eigenvalue weighted by molar-refractivity contribution is -0.0816. The van der Waals surface area contributed by atoms with E-state index in [1.54, 1.807) is 0 Å². The first kappa shape index (κ1) is 21.4. The number of nitrogens with one attached hydrogen (secondary N) is 1. The predicted octanol–water partition coefficient (Wildman–Crippen LogP) is 1.96. The minimum absolute atomic E-state index is 0. The van der Waals surface area contributed by atoms with Crippen molar-refractivity contribution in [2.45, 2.75) is 51.9 Å². The first-order chi connectivity index (χ1) is 12.2. The number of aliphatic imine (C=N–C) groups is 1. The summed E-state index contributed by atoms with van der Waals surface area (Å²) in [7, 11) is 1.85. The number of aryl methyl sites for hydroxylation is 3. The normalized spacial score (nSPS) is 23.8. The van der Waals surface area contributed by atoms with Crippen LogP contribution < -0.4 is 5.32 Å². The van der Waals surface area contributed by atoms with Gasteiger partial charge < -0.3 is 19.7 Å². The van der Waals surface area contributed by atoms with E-state index in [1.807, 2.05) is 14.0 Å². The summed E-state index contributed by atoms with van der Waals surface area (Å²) in [5.74, 6) is 0.958. The topological polar surface area (TPSA) is 63.9 Å². The third-order valence-electron chi connectivity index (χ3n) is 4.92. The highest BCUT2D eigenvalue weighted by atomic mass is 127. The molecule has 0 spiro atoms. The molecule has 2 saturated heterocycles. The maximum Gasteiger partial charge on any atom is 0.193 e. The average Bonchev–Trinajstić information content (AvgIpc) is 3.25. The van der Waals surface area contributed by atoms with Crippen LogP contribution >= 0.6 is 24.0 Å². The smallest absolute Gasteiger partial charge is 0.193 e. The lowest BCUT2D eigenvalue weighted by Gasteiger charge is -2.37. The summed E-state index contributed by atoms with van der Waals surface area (Å²) in [4.78, 5) is 6.74. The van der Waals surface area contributed by atoms with Crippen molar-refractivity contribution in [3.05, 3.63) is 17.5 Å². The van der Waals surface area contributed by atoms with Gasteiger partial charge in [0.2, 0.25) is 0 Å². The van der Waals surface area contributed by atoms with Crippen LogP contribution in [0.25, 0.3) is 0 Å². The Hall–Kier alpha value is -0.870. The molecule has 2 unspecified atom stereocenters. The quantitative estimate of drug-likeness (QED) is 0.304.